The Bertz CT molecular complexity index is 2160. The van der Waals surface area contributed by atoms with Crippen molar-refractivity contribution in [2.45, 2.75) is 38.5 Å². The van der Waals surface area contributed by atoms with Gasteiger partial charge in [-0.3, -0.25) is 0 Å². The van der Waals surface area contributed by atoms with Crippen LogP contribution in [0.3, 0.4) is 0 Å². The van der Waals surface area contributed by atoms with Gasteiger partial charge in [0.25, 0.3) is 0 Å². The van der Waals surface area contributed by atoms with Gasteiger partial charge >= 0.3 is 18.2 Å². The maximum atomic E-state index is 13.9. The van der Waals surface area contributed by atoms with Crippen LogP contribution in [0.1, 0.15) is 38.9 Å². The van der Waals surface area contributed by atoms with Crippen LogP contribution in [-0.4, -0.2) is 39.2 Å². The maximum Gasteiger partial charge on any atom is 0.420 e. The summed E-state index contributed by atoms with van der Waals surface area (Å²) in [7, 11) is 0. The molecule has 8 rings (SSSR count). The normalized spacial score (nSPS) is 12.8. The molecule has 6 aromatic rings. The Kier molecular flexibility index (Phi) is 7.68. The number of nitrogens with zero attached hydrogens (tertiary/aromatic N) is 1. The van der Waals surface area contributed by atoms with Gasteiger partial charge in [0.1, 0.15) is 19.3 Å². The molecule has 1 aromatic heterocycles. The lowest BCUT2D eigenvalue weighted by molar-refractivity contribution is -0.142. The Morgan fingerprint density at radius 3 is 1.71 bits per heavy atom. The summed E-state index contributed by atoms with van der Waals surface area (Å²) in [6, 6.07) is 33.8. The van der Waals surface area contributed by atoms with E-state index in [1.807, 2.05) is 84.9 Å². The number of hydrogen-bond acceptors (Lipinski definition) is 5. The van der Waals surface area contributed by atoms with Crippen molar-refractivity contribution in [1.29, 1.82) is 0 Å². The number of carboxylic acids is 1. The smallest absolute Gasteiger partial charge is 0.420 e. The molecule has 2 N–H and O–H groups in total. The minimum Gasteiger partial charge on any atom is -0.480 e. The van der Waals surface area contributed by atoms with Crippen molar-refractivity contribution >= 4 is 29.1 Å². The van der Waals surface area contributed by atoms with E-state index in [-0.39, 0.29) is 19.6 Å². The van der Waals surface area contributed by atoms with Gasteiger partial charge in [-0.25, -0.2) is 14.4 Å². The van der Waals surface area contributed by atoms with E-state index >= 15 is 0 Å². The number of hydrogen-bond donors (Lipinski definition) is 2. The highest BCUT2D eigenvalue weighted by Gasteiger charge is 2.38. The second-order valence-corrected chi connectivity index (χ2v) is 12.5. The molecule has 0 unspecified atom stereocenters. The molecule has 1 heterocycles. The van der Waals surface area contributed by atoms with Crippen LogP contribution in [-0.2, 0) is 46.7 Å². The summed E-state index contributed by atoms with van der Waals surface area (Å²) in [4.78, 5) is 44.4. The lowest BCUT2D eigenvalue weighted by Gasteiger charge is -2.26. The van der Waals surface area contributed by atoms with Gasteiger partial charge in [0, 0.05) is 23.5 Å². The summed E-state index contributed by atoms with van der Waals surface area (Å²) in [5.41, 5.74) is 11.9. The number of carbonyl (C=O) groups is 3. The number of fused-ring (bicyclic) bond motifs is 7. The fraction of sp³-hybridized carbons (Fsp3) is 0.146. The zero-order valence-corrected chi connectivity index (χ0v) is 26.5. The molecule has 0 spiro atoms. The predicted molar refractivity (Wildman–Crippen MR) is 185 cm³/mol. The summed E-state index contributed by atoms with van der Waals surface area (Å²) in [5.74, 6) is -1.36. The molecule has 5 aromatic carbocycles. The highest BCUT2D eigenvalue weighted by atomic mass is 16.6. The number of para-hydroxylation sites is 1. The molecule has 0 saturated carbocycles. The minimum absolute atomic E-state index is 0.135. The highest BCUT2D eigenvalue weighted by molar-refractivity contribution is 5.94. The van der Waals surface area contributed by atoms with Gasteiger partial charge in [-0.1, -0.05) is 103 Å². The third-order valence-corrected chi connectivity index (χ3v) is 9.68. The zero-order valence-electron chi connectivity index (χ0n) is 26.5. The van der Waals surface area contributed by atoms with Gasteiger partial charge in [0.05, 0.1) is 0 Å². The lowest BCUT2D eigenvalue weighted by Crippen LogP contribution is -2.50. The minimum atomic E-state index is -1.59. The topological polar surface area (TPSA) is 109 Å². The fourth-order valence-corrected chi connectivity index (χ4v) is 7.26. The third-order valence-electron chi connectivity index (χ3n) is 9.68. The van der Waals surface area contributed by atoms with Crippen molar-refractivity contribution in [3.8, 4) is 22.3 Å². The van der Waals surface area contributed by atoms with Crippen LogP contribution in [0.2, 0.25) is 0 Å². The number of carbonyl (C=O) groups excluding carboxylic acids is 2. The number of aromatic nitrogens is 1. The van der Waals surface area contributed by atoms with E-state index in [0.717, 1.165) is 55.4 Å². The molecule has 0 radical (unpaired) electrons. The molecule has 8 nitrogen and oxygen atoms in total. The molecule has 8 heteroatoms. The van der Waals surface area contributed by atoms with Crippen LogP contribution in [0.4, 0.5) is 9.59 Å². The SMILES string of the molecule is O=C(O)[C@@H](Cc1c[nH]c2ccccc12)N(C(=O)OCc1cccc2c1Cc1ccccc1-2)C(=O)OCc1cccc2c1Cc1ccccc1-2. The second-order valence-electron chi connectivity index (χ2n) is 12.5. The van der Waals surface area contributed by atoms with Crippen molar-refractivity contribution in [3.63, 3.8) is 0 Å². The molecule has 2 aliphatic carbocycles. The maximum absolute atomic E-state index is 13.9. The average Bonchev–Trinajstić information content (AvgIpc) is 3.83. The van der Waals surface area contributed by atoms with Gasteiger partial charge in [0.2, 0.25) is 0 Å². The van der Waals surface area contributed by atoms with E-state index in [9.17, 15) is 19.5 Å². The molecular weight excluding hydrogens is 616 g/mol. The van der Waals surface area contributed by atoms with Crippen molar-refractivity contribution in [3.05, 3.63) is 154 Å². The highest BCUT2D eigenvalue weighted by Crippen LogP contribution is 2.39. The Hall–Kier alpha value is -6.15. The van der Waals surface area contributed by atoms with E-state index in [0.29, 0.717) is 23.3 Å². The van der Waals surface area contributed by atoms with Crippen molar-refractivity contribution < 1.29 is 29.0 Å². The van der Waals surface area contributed by atoms with Crippen LogP contribution < -0.4 is 0 Å². The largest absolute Gasteiger partial charge is 0.480 e. The molecule has 49 heavy (non-hydrogen) atoms. The first-order chi connectivity index (χ1) is 24.0. The summed E-state index contributed by atoms with van der Waals surface area (Å²) in [6.07, 6.45) is 0.761. The quantitative estimate of drug-likeness (QED) is 0.172. The fourth-order valence-electron chi connectivity index (χ4n) is 7.26. The van der Waals surface area contributed by atoms with Gasteiger partial charge in [-0.2, -0.15) is 4.90 Å². The summed E-state index contributed by atoms with van der Waals surface area (Å²) < 4.78 is 11.5. The third kappa shape index (κ3) is 5.51. The number of carboxylic acid groups (broad SMARTS) is 1. The van der Waals surface area contributed by atoms with E-state index in [1.165, 1.54) is 11.1 Å². The molecule has 2 amide bonds. The Labute approximate surface area is 282 Å². The molecule has 242 valence electrons. The van der Waals surface area contributed by atoms with Crippen LogP contribution in [0.5, 0.6) is 0 Å². The molecule has 0 saturated heterocycles. The number of imide groups is 1. The van der Waals surface area contributed by atoms with E-state index in [1.54, 1.807) is 6.20 Å². The molecule has 1 atom stereocenters. The summed E-state index contributed by atoms with van der Waals surface area (Å²) >= 11 is 0. The second kappa shape index (κ2) is 12.5. The number of nitrogens with one attached hydrogen (secondary N) is 1. The van der Waals surface area contributed by atoms with Crippen molar-refractivity contribution in [2.75, 3.05) is 0 Å². The van der Waals surface area contributed by atoms with Crippen LogP contribution in [0, 0.1) is 0 Å². The Morgan fingerprint density at radius 1 is 0.633 bits per heavy atom. The lowest BCUT2D eigenvalue weighted by atomic mass is 10.0. The zero-order chi connectivity index (χ0) is 33.5. The Balaban J connectivity index is 1.07. The number of amides is 2. The number of benzene rings is 5. The molecule has 0 aliphatic heterocycles. The van der Waals surface area contributed by atoms with Crippen LogP contribution in [0.25, 0.3) is 33.2 Å². The van der Waals surface area contributed by atoms with Gasteiger partial charge in [-0.15, -0.1) is 0 Å². The van der Waals surface area contributed by atoms with E-state index < -0.39 is 24.2 Å². The molecule has 0 fully saturated rings. The van der Waals surface area contributed by atoms with Crippen molar-refractivity contribution in [1.82, 2.24) is 9.88 Å². The van der Waals surface area contributed by atoms with Gasteiger partial charge < -0.3 is 19.6 Å². The monoisotopic (exact) mass is 648 g/mol. The number of H-pyrrole nitrogens is 1. The van der Waals surface area contributed by atoms with Crippen LogP contribution in [0.15, 0.2) is 115 Å². The number of aliphatic carboxylic acids is 1. The van der Waals surface area contributed by atoms with E-state index in [2.05, 4.69) is 29.2 Å². The number of ether oxygens (including phenoxy) is 2. The summed E-state index contributed by atoms with van der Waals surface area (Å²) in [6.45, 7) is -0.271. The number of aromatic amines is 1. The summed E-state index contributed by atoms with van der Waals surface area (Å²) in [5, 5.41) is 11.3. The standard InChI is InChI=1S/C41H32N2O6/c44-39(45)38(21-29-22-42-37-18-6-5-15-32(29)37)43(40(46)48-23-27-11-7-16-33-30-13-3-1-9-25(30)19-35(27)33)41(47)49-24-28-12-8-17-34-31-14-4-2-10-26(31)20-36(28)34/h1-18,22,38,42H,19-21,23-24H2,(H,44,45)/t38-/m1/s1. The molecular formula is C41H32N2O6. The first kappa shape index (κ1) is 30.2. The Morgan fingerprint density at radius 2 is 1.14 bits per heavy atom. The van der Waals surface area contributed by atoms with Gasteiger partial charge in [-0.05, 0) is 80.1 Å². The first-order valence-electron chi connectivity index (χ1n) is 16.2. The van der Waals surface area contributed by atoms with Crippen LogP contribution >= 0.6 is 0 Å². The van der Waals surface area contributed by atoms with Gasteiger partial charge in [0.15, 0.2) is 0 Å². The average molecular weight is 649 g/mol. The van der Waals surface area contributed by atoms with E-state index in [4.69, 9.17) is 9.47 Å². The number of rotatable bonds is 8. The molecule has 0 bridgehead atoms. The first-order valence-corrected chi connectivity index (χ1v) is 16.2. The molecule has 2 aliphatic rings. The predicted octanol–water partition coefficient (Wildman–Crippen LogP) is 8.28. The van der Waals surface area contributed by atoms with Crippen molar-refractivity contribution in [2.24, 2.45) is 0 Å².